The molecule has 3 fully saturated rings. The minimum absolute atomic E-state index is 0.0221. The number of aliphatic hydroxyl groups is 1. The zero-order valence-electron chi connectivity index (χ0n) is 26.2. The van der Waals surface area contributed by atoms with Gasteiger partial charge in [-0.3, -0.25) is 4.79 Å². The minimum atomic E-state index is -1.48. The number of halogens is 1. The molecule has 0 saturated heterocycles. The lowest BCUT2D eigenvalue weighted by Crippen LogP contribution is -2.62. The third-order valence-electron chi connectivity index (χ3n) is 11.3. The van der Waals surface area contributed by atoms with Crippen LogP contribution in [0.2, 0.25) is 0 Å². The Morgan fingerprint density at radius 1 is 1.28 bits per heavy atom. The van der Waals surface area contributed by atoms with Crippen molar-refractivity contribution in [1.29, 1.82) is 0 Å². The Labute approximate surface area is 274 Å². The molecule has 8 nitrogen and oxygen atoms in total. The molecule has 4 aliphatic rings. The number of hydrogen-bond donors (Lipinski definition) is 3. The summed E-state index contributed by atoms with van der Waals surface area (Å²) < 4.78 is 31.2. The summed E-state index contributed by atoms with van der Waals surface area (Å²) in [4.78, 5) is 31.2. The van der Waals surface area contributed by atoms with Gasteiger partial charge in [0, 0.05) is 11.0 Å². The molecule has 3 unspecified atom stereocenters. The van der Waals surface area contributed by atoms with E-state index >= 15 is 0 Å². The summed E-state index contributed by atoms with van der Waals surface area (Å²) in [6, 6.07) is 7.81. The molecule has 0 amide bonds. The van der Waals surface area contributed by atoms with Crippen LogP contribution in [0, 0.1) is 34.4 Å². The van der Waals surface area contributed by atoms with Crippen LogP contribution >= 0.6 is 12.6 Å². The van der Waals surface area contributed by atoms with Gasteiger partial charge in [-0.25, -0.2) is 14.2 Å². The number of aliphatic hydroxyl groups excluding tert-OH is 1. The van der Waals surface area contributed by atoms with Gasteiger partial charge in [0.1, 0.15) is 5.82 Å². The van der Waals surface area contributed by atoms with E-state index < -0.39 is 33.6 Å². The molecule has 10 heteroatoms. The monoisotopic (exact) mass is 648 g/mol. The molecule has 6 rings (SSSR count). The molecule has 4 aliphatic carbocycles. The number of aliphatic imine (C=N–C) groups is 1. The van der Waals surface area contributed by atoms with E-state index in [1.54, 1.807) is 30.5 Å². The van der Waals surface area contributed by atoms with Gasteiger partial charge in [0.25, 0.3) is 0 Å². The number of carbonyl (C=O) groups is 2. The zero-order valence-corrected chi connectivity index (χ0v) is 27.1. The Kier molecular flexibility index (Phi) is 8.67. The van der Waals surface area contributed by atoms with Crippen molar-refractivity contribution in [2.24, 2.45) is 39.3 Å². The second kappa shape index (κ2) is 12.3. The molecule has 3 saturated carbocycles. The Balaban J connectivity index is 1.31. The quantitative estimate of drug-likeness (QED) is 0.127. The SMILES string of the molecule is C=CCOCc1cc(N=C2C=C3CC[C@@H]4C(C(O)C[C@@]5(C)C4CC[C@]5(OC(=O)c4ccco4)C(=O)S)[C@@]3(C)CC2=CN)ccc1F. The normalized spacial score (nSPS) is 35.2. The van der Waals surface area contributed by atoms with E-state index in [-0.39, 0.29) is 42.4 Å². The first-order valence-electron chi connectivity index (χ1n) is 15.8. The average Bonchev–Trinajstić information content (AvgIpc) is 3.66. The van der Waals surface area contributed by atoms with Gasteiger partial charge in [-0.2, -0.15) is 0 Å². The summed E-state index contributed by atoms with van der Waals surface area (Å²) in [7, 11) is 0. The van der Waals surface area contributed by atoms with Gasteiger partial charge in [0.05, 0.1) is 37.0 Å². The minimum Gasteiger partial charge on any atom is -0.457 e. The molecular formula is C36H41FN2O6S. The van der Waals surface area contributed by atoms with Crippen LogP contribution in [0.25, 0.3) is 0 Å². The van der Waals surface area contributed by atoms with Gasteiger partial charge < -0.3 is 24.7 Å². The molecule has 244 valence electrons. The summed E-state index contributed by atoms with van der Waals surface area (Å²) in [6.45, 7) is 8.22. The first kappa shape index (κ1) is 32.5. The fourth-order valence-corrected chi connectivity index (χ4v) is 9.63. The first-order valence-corrected chi connectivity index (χ1v) is 16.3. The molecule has 3 N–H and O–H groups in total. The van der Waals surface area contributed by atoms with Gasteiger partial charge in [-0.15, -0.1) is 19.2 Å². The highest BCUT2D eigenvalue weighted by molar-refractivity contribution is 7.96. The van der Waals surface area contributed by atoms with Crippen LogP contribution < -0.4 is 5.73 Å². The predicted octanol–water partition coefficient (Wildman–Crippen LogP) is 6.63. The van der Waals surface area contributed by atoms with Gasteiger partial charge >= 0.3 is 5.97 Å². The van der Waals surface area contributed by atoms with Crippen LogP contribution in [0.1, 0.15) is 68.5 Å². The molecule has 0 spiro atoms. The molecule has 7 atom stereocenters. The number of allylic oxidation sites excluding steroid dienone is 3. The maximum atomic E-state index is 14.5. The predicted molar refractivity (Wildman–Crippen MR) is 175 cm³/mol. The average molecular weight is 649 g/mol. The van der Waals surface area contributed by atoms with E-state index in [2.05, 4.69) is 32.2 Å². The van der Waals surface area contributed by atoms with Crippen molar-refractivity contribution < 1.29 is 33.0 Å². The Bertz CT molecular complexity index is 1630. The highest BCUT2D eigenvalue weighted by Crippen LogP contribution is 2.69. The number of carbonyl (C=O) groups excluding carboxylic acids is 2. The van der Waals surface area contributed by atoms with Crippen LogP contribution in [0.5, 0.6) is 0 Å². The number of furan rings is 1. The maximum Gasteiger partial charge on any atom is 0.375 e. The van der Waals surface area contributed by atoms with E-state index in [1.807, 2.05) is 6.92 Å². The molecule has 0 radical (unpaired) electrons. The molecule has 1 aromatic carbocycles. The summed E-state index contributed by atoms with van der Waals surface area (Å²) >= 11 is 4.26. The molecule has 0 bridgehead atoms. The third-order valence-corrected chi connectivity index (χ3v) is 11.7. The fraction of sp³-hybridized carbons (Fsp3) is 0.472. The van der Waals surface area contributed by atoms with Gasteiger partial charge in [0.15, 0.2) is 5.60 Å². The third kappa shape index (κ3) is 5.18. The number of nitrogens with zero attached hydrogens (tertiary/aromatic N) is 1. The Morgan fingerprint density at radius 3 is 2.78 bits per heavy atom. The smallest absolute Gasteiger partial charge is 0.375 e. The molecule has 0 aliphatic heterocycles. The second-order valence-corrected chi connectivity index (χ2v) is 14.0. The zero-order chi connectivity index (χ0) is 32.9. The lowest BCUT2D eigenvalue weighted by atomic mass is 9.45. The van der Waals surface area contributed by atoms with Crippen LogP contribution in [0.15, 0.2) is 82.1 Å². The topological polar surface area (TPSA) is 124 Å². The van der Waals surface area contributed by atoms with Crippen molar-refractivity contribution in [3.05, 3.63) is 89.8 Å². The standard InChI is InChI=1S/C36H41FN2O6S/c1-4-13-43-20-21-15-24(8-10-27(21)37)39-28-16-23-7-9-25-26-11-12-36(33(42)46,45-32(41)30-6-5-14-44-30)35(26,3)18-29(40)31(25)34(23,2)17-22(28)19-38/h4-6,8,10,14-16,19,25-26,29,31,40H,1,7,9,11-13,17-18,20,38H2,2-3H3,(H,42,46)/t25-,26?,29?,31?,34-,35-,36-/m0/s1. The van der Waals surface area contributed by atoms with Crippen LogP contribution in [0.3, 0.4) is 0 Å². The van der Waals surface area contributed by atoms with Crippen LogP contribution in [-0.2, 0) is 20.9 Å². The molecule has 2 aromatic rings. The number of esters is 1. The summed E-state index contributed by atoms with van der Waals surface area (Å²) in [5.41, 5.74) is 7.27. The van der Waals surface area contributed by atoms with Crippen molar-refractivity contribution in [2.45, 2.75) is 70.7 Å². The number of fused-ring (bicyclic) bond motifs is 5. The van der Waals surface area contributed by atoms with Crippen molar-refractivity contribution >= 4 is 35.1 Å². The fourth-order valence-electron chi connectivity index (χ4n) is 9.22. The Morgan fingerprint density at radius 2 is 2.09 bits per heavy atom. The number of hydrogen-bond acceptors (Lipinski definition) is 8. The highest BCUT2D eigenvalue weighted by Gasteiger charge is 2.70. The largest absolute Gasteiger partial charge is 0.457 e. The van der Waals surface area contributed by atoms with E-state index in [0.29, 0.717) is 37.1 Å². The summed E-state index contributed by atoms with van der Waals surface area (Å²) in [5, 5.41) is 11.5. The number of thiol groups is 1. The van der Waals surface area contributed by atoms with E-state index in [0.717, 1.165) is 24.1 Å². The van der Waals surface area contributed by atoms with E-state index in [1.165, 1.54) is 24.0 Å². The Hall–Kier alpha value is -3.47. The van der Waals surface area contributed by atoms with Crippen LogP contribution in [-0.4, -0.2) is 40.2 Å². The van der Waals surface area contributed by atoms with Crippen molar-refractivity contribution in [3.63, 3.8) is 0 Å². The number of ether oxygens (including phenoxy) is 2. The molecule has 1 heterocycles. The van der Waals surface area contributed by atoms with Gasteiger partial charge in [-0.05, 0) is 110 Å². The van der Waals surface area contributed by atoms with Crippen molar-refractivity contribution in [3.8, 4) is 0 Å². The first-order chi connectivity index (χ1) is 22.0. The van der Waals surface area contributed by atoms with Crippen LogP contribution in [0.4, 0.5) is 10.1 Å². The maximum absolute atomic E-state index is 14.5. The van der Waals surface area contributed by atoms with E-state index in [9.17, 15) is 19.1 Å². The molecule has 1 aromatic heterocycles. The summed E-state index contributed by atoms with van der Waals surface area (Å²) in [6.07, 6.45) is 9.36. The molecular weight excluding hydrogens is 607 g/mol. The van der Waals surface area contributed by atoms with E-state index in [4.69, 9.17) is 24.6 Å². The number of nitrogens with two attached hydrogens (primary N) is 1. The highest BCUT2D eigenvalue weighted by atomic mass is 32.1. The lowest BCUT2D eigenvalue weighted by molar-refractivity contribution is -0.174. The van der Waals surface area contributed by atoms with Crippen molar-refractivity contribution in [1.82, 2.24) is 0 Å². The molecule has 46 heavy (non-hydrogen) atoms. The van der Waals surface area contributed by atoms with Gasteiger partial charge in [0.2, 0.25) is 10.9 Å². The second-order valence-electron chi connectivity index (χ2n) is 13.6. The number of benzene rings is 1. The number of rotatable bonds is 8. The van der Waals surface area contributed by atoms with Gasteiger partial charge in [-0.1, -0.05) is 25.5 Å². The summed E-state index contributed by atoms with van der Waals surface area (Å²) in [5.74, 6) is -1.04. The lowest BCUT2D eigenvalue weighted by Gasteiger charge is -2.60. The van der Waals surface area contributed by atoms with Crippen molar-refractivity contribution in [2.75, 3.05) is 6.61 Å².